The molecule has 1 aromatic heterocycles. The molecule has 4 N–H and O–H groups in total. The maximum absolute atomic E-state index is 12.3. The van der Waals surface area contributed by atoms with E-state index in [1.807, 2.05) is 24.4 Å². The maximum Gasteiger partial charge on any atom is 0.251 e. The van der Waals surface area contributed by atoms with Crippen LogP contribution in [-0.2, 0) is 0 Å². The lowest BCUT2D eigenvalue weighted by molar-refractivity contribution is 0.0936. The van der Waals surface area contributed by atoms with Gasteiger partial charge in [-0.2, -0.15) is 0 Å². The fourth-order valence-electron chi connectivity index (χ4n) is 1.98. The molecule has 0 aliphatic rings. The first-order valence-corrected chi connectivity index (χ1v) is 7.46. The molecule has 0 aliphatic carbocycles. The molecule has 0 spiro atoms. The van der Waals surface area contributed by atoms with Gasteiger partial charge in [0.1, 0.15) is 0 Å². The fourth-order valence-corrected chi connectivity index (χ4v) is 2.84. The van der Waals surface area contributed by atoms with E-state index in [0.29, 0.717) is 11.1 Å². The highest BCUT2D eigenvalue weighted by molar-refractivity contribution is 7.10. The molecule has 0 saturated carbocycles. The Morgan fingerprint density at radius 3 is 2.76 bits per heavy atom. The number of carbonyl (C=O) groups excluding carboxylic acids is 1. The van der Waals surface area contributed by atoms with E-state index >= 15 is 0 Å². The van der Waals surface area contributed by atoms with Crippen molar-refractivity contribution in [2.45, 2.75) is 19.4 Å². The van der Waals surface area contributed by atoms with Crippen molar-refractivity contribution < 1.29 is 10.0 Å². The lowest BCUT2D eigenvalue weighted by atomic mass is 10.1. The number of rotatable bonds is 5. The summed E-state index contributed by atoms with van der Waals surface area (Å²) in [4.78, 5) is 13.4. The van der Waals surface area contributed by atoms with E-state index in [4.69, 9.17) is 10.9 Å². The Morgan fingerprint density at radius 2 is 2.14 bits per heavy atom. The van der Waals surface area contributed by atoms with Gasteiger partial charge in [0.25, 0.3) is 5.91 Å². The molecular weight excluding hydrogens is 286 g/mol. The summed E-state index contributed by atoms with van der Waals surface area (Å²) in [6, 6.07) is 10.7. The normalized spacial score (nSPS) is 12.9. The smallest absolute Gasteiger partial charge is 0.251 e. The van der Waals surface area contributed by atoms with E-state index in [2.05, 4.69) is 10.5 Å². The number of benzene rings is 1. The Kier molecular flexibility index (Phi) is 4.94. The Labute approximate surface area is 127 Å². The number of carbonyl (C=O) groups is 1. The Morgan fingerprint density at radius 1 is 1.38 bits per heavy atom. The Bertz CT molecular complexity index is 638. The molecular formula is C15H17N3O2S. The summed E-state index contributed by atoms with van der Waals surface area (Å²) in [7, 11) is 0. The van der Waals surface area contributed by atoms with Crippen LogP contribution in [-0.4, -0.2) is 17.0 Å². The number of nitrogens with one attached hydrogen (secondary N) is 1. The van der Waals surface area contributed by atoms with Crippen molar-refractivity contribution in [1.29, 1.82) is 0 Å². The SMILES string of the molecule is CCC(NC(=O)c1cccc(C(N)=NO)c1)c1cccs1. The molecule has 21 heavy (non-hydrogen) atoms. The van der Waals surface area contributed by atoms with Crippen LogP contribution in [0.25, 0.3) is 0 Å². The van der Waals surface area contributed by atoms with Crippen LogP contribution in [0.15, 0.2) is 46.9 Å². The van der Waals surface area contributed by atoms with Gasteiger partial charge in [-0.1, -0.05) is 30.3 Å². The number of nitrogens with zero attached hydrogens (tertiary/aromatic N) is 1. The van der Waals surface area contributed by atoms with Crippen molar-refractivity contribution in [2.24, 2.45) is 10.9 Å². The lowest BCUT2D eigenvalue weighted by Gasteiger charge is -2.15. The van der Waals surface area contributed by atoms with Gasteiger partial charge in [0.15, 0.2) is 5.84 Å². The molecule has 0 saturated heterocycles. The molecule has 5 nitrogen and oxygen atoms in total. The van der Waals surface area contributed by atoms with Crippen molar-refractivity contribution in [2.75, 3.05) is 0 Å². The molecule has 6 heteroatoms. The number of hydrogen-bond acceptors (Lipinski definition) is 4. The average molecular weight is 303 g/mol. The molecule has 1 atom stereocenters. The second kappa shape index (κ2) is 6.90. The number of nitrogens with two attached hydrogens (primary N) is 1. The fraction of sp³-hybridized carbons (Fsp3) is 0.200. The highest BCUT2D eigenvalue weighted by Gasteiger charge is 2.15. The minimum atomic E-state index is -0.178. The Hall–Kier alpha value is -2.34. The van der Waals surface area contributed by atoms with Crippen molar-refractivity contribution in [3.05, 3.63) is 57.8 Å². The first-order chi connectivity index (χ1) is 10.2. The van der Waals surface area contributed by atoms with Gasteiger partial charge in [0.2, 0.25) is 0 Å². The summed E-state index contributed by atoms with van der Waals surface area (Å²) >= 11 is 1.62. The zero-order valence-corrected chi connectivity index (χ0v) is 12.4. The van der Waals surface area contributed by atoms with Gasteiger partial charge in [-0.15, -0.1) is 11.3 Å². The predicted molar refractivity (Wildman–Crippen MR) is 83.8 cm³/mol. The number of oxime groups is 1. The van der Waals surface area contributed by atoms with E-state index < -0.39 is 0 Å². The van der Waals surface area contributed by atoms with Crippen LogP contribution in [0.4, 0.5) is 0 Å². The average Bonchev–Trinajstić information content (AvgIpc) is 3.05. The molecule has 1 heterocycles. The van der Waals surface area contributed by atoms with E-state index in [-0.39, 0.29) is 17.8 Å². The highest BCUT2D eigenvalue weighted by atomic mass is 32.1. The van der Waals surface area contributed by atoms with Gasteiger partial charge >= 0.3 is 0 Å². The molecule has 2 rings (SSSR count). The molecule has 110 valence electrons. The van der Waals surface area contributed by atoms with Gasteiger partial charge in [0.05, 0.1) is 6.04 Å². The molecule has 1 amide bonds. The van der Waals surface area contributed by atoms with Gasteiger partial charge in [0, 0.05) is 16.0 Å². The zero-order chi connectivity index (χ0) is 15.2. The summed E-state index contributed by atoms with van der Waals surface area (Å²) in [6.45, 7) is 2.03. The predicted octanol–water partition coefficient (Wildman–Crippen LogP) is 2.72. The molecule has 0 radical (unpaired) electrons. The topological polar surface area (TPSA) is 87.7 Å². The molecule has 0 aliphatic heterocycles. The monoisotopic (exact) mass is 303 g/mol. The Balaban J connectivity index is 2.16. The van der Waals surface area contributed by atoms with Crippen LogP contribution >= 0.6 is 11.3 Å². The summed E-state index contributed by atoms with van der Waals surface area (Å²) in [5.74, 6) is -0.196. The zero-order valence-electron chi connectivity index (χ0n) is 11.6. The third-order valence-corrected chi connectivity index (χ3v) is 4.11. The van der Waals surface area contributed by atoms with E-state index in [0.717, 1.165) is 11.3 Å². The third kappa shape index (κ3) is 3.61. The van der Waals surface area contributed by atoms with Crippen molar-refractivity contribution in [1.82, 2.24) is 5.32 Å². The number of amides is 1. The van der Waals surface area contributed by atoms with Crippen molar-refractivity contribution in [3.63, 3.8) is 0 Å². The van der Waals surface area contributed by atoms with Crippen molar-refractivity contribution in [3.8, 4) is 0 Å². The van der Waals surface area contributed by atoms with Crippen molar-refractivity contribution >= 4 is 23.1 Å². The molecule has 2 aromatic rings. The summed E-state index contributed by atoms with van der Waals surface area (Å²) < 4.78 is 0. The summed E-state index contributed by atoms with van der Waals surface area (Å²) in [5, 5.41) is 16.6. The number of thiophene rings is 1. The van der Waals surface area contributed by atoms with Crippen LogP contribution in [0, 0.1) is 0 Å². The lowest BCUT2D eigenvalue weighted by Crippen LogP contribution is -2.28. The van der Waals surface area contributed by atoms with Crippen LogP contribution in [0.1, 0.15) is 40.2 Å². The summed E-state index contributed by atoms with van der Waals surface area (Å²) in [6.07, 6.45) is 0.812. The second-order valence-corrected chi connectivity index (χ2v) is 5.50. The minimum absolute atomic E-state index is 0.00925. The first-order valence-electron chi connectivity index (χ1n) is 6.58. The van der Waals surface area contributed by atoms with Gasteiger partial charge in [-0.25, -0.2) is 0 Å². The standard InChI is InChI=1S/C15H17N3O2S/c1-2-12(13-7-4-8-21-13)17-15(19)11-6-3-5-10(9-11)14(16)18-20/h3-9,12,20H,2H2,1H3,(H2,16,18)(H,17,19). The van der Waals surface area contributed by atoms with Gasteiger partial charge < -0.3 is 16.3 Å². The number of hydrogen-bond donors (Lipinski definition) is 3. The number of amidine groups is 1. The van der Waals surface area contributed by atoms with Gasteiger partial charge in [-0.3, -0.25) is 4.79 Å². The van der Waals surface area contributed by atoms with Gasteiger partial charge in [-0.05, 0) is 30.0 Å². The highest BCUT2D eigenvalue weighted by Crippen LogP contribution is 2.22. The van der Waals surface area contributed by atoms with E-state index in [9.17, 15) is 4.79 Å². The minimum Gasteiger partial charge on any atom is -0.409 e. The van der Waals surface area contributed by atoms with Crippen LogP contribution in [0.5, 0.6) is 0 Å². The molecule has 1 unspecified atom stereocenters. The van der Waals surface area contributed by atoms with Crippen LogP contribution in [0.2, 0.25) is 0 Å². The van der Waals surface area contributed by atoms with Crippen LogP contribution < -0.4 is 11.1 Å². The maximum atomic E-state index is 12.3. The quantitative estimate of drug-likeness (QED) is 0.343. The second-order valence-electron chi connectivity index (χ2n) is 4.52. The first kappa shape index (κ1) is 15.1. The van der Waals surface area contributed by atoms with Crippen LogP contribution in [0.3, 0.4) is 0 Å². The largest absolute Gasteiger partial charge is 0.409 e. The van der Waals surface area contributed by atoms with E-state index in [1.165, 1.54) is 0 Å². The molecule has 0 bridgehead atoms. The molecule has 0 fully saturated rings. The van der Waals surface area contributed by atoms with E-state index in [1.54, 1.807) is 35.6 Å². The third-order valence-electron chi connectivity index (χ3n) is 3.13. The summed E-state index contributed by atoms with van der Waals surface area (Å²) in [5.41, 5.74) is 6.53. The molecule has 1 aromatic carbocycles.